The van der Waals surface area contributed by atoms with Crippen molar-refractivity contribution in [1.29, 1.82) is 0 Å². The molecule has 7 heteroatoms. The zero-order valence-electron chi connectivity index (χ0n) is 14.1. The number of halogens is 1. The highest BCUT2D eigenvalue weighted by Crippen LogP contribution is 2.23. The molecular formula is C17H24ClN3O3. The predicted octanol–water partition coefficient (Wildman–Crippen LogP) is 1.39. The van der Waals surface area contributed by atoms with Gasteiger partial charge in [-0.2, -0.15) is 0 Å². The number of nitrogens with one attached hydrogen (secondary N) is 1. The molecule has 6 nitrogen and oxygen atoms in total. The summed E-state index contributed by atoms with van der Waals surface area (Å²) >= 11 is 6.00. The van der Waals surface area contributed by atoms with Gasteiger partial charge in [0, 0.05) is 32.2 Å². The summed E-state index contributed by atoms with van der Waals surface area (Å²) in [6, 6.07) is 7.23. The van der Waals surface area contributed by atoms with Crippen molar-refractivity contribution in [3.8, 4) is 5.75 Å². The SMILES string of the molecule is CC(C)NC(=O)CN1CCN(C(=O)COc2ccccc2Cl)CC1. The van der Waals surface area contributed by atoms with Gasteiger partial charge in [0.1, 0.15) is 5.75 Å². The number of carbonyl (C=O) groups excluding carboxylic acids is 2. The highest BCUT2D eigenvalue weighted by molar-refractivity contribution is 6.32. The zero-order valence-corrected chi connectivity index (χ0v) is 14.9. The number of hydrogen-bond acceptors (Lipinski definition) is 4. The van der Waals surface area contributed by atoms with Crippen molar-refractivity contribution < 1.29 is 14.3 Å². The normalized spacial score (nSPS) is 15.4. The zero-order chi connectivity index (χ0) is 17.5. The van der Waals surface area contributed by atoms with Crippen LogP contribution in [0.15, 0.2) is 24.3 Å². The molecule has 1 N–H and O–H groups in total. The maximum atomic E-state index is 12.2. The summed E-state index contributed by atoms with van der Waals surface area (Å²) in [5.74, 6) is 0.463. The second-order valence-corrected chi connectivity index (χ2v) is 6.51. The van der Waals surface area contributed by atoms with E-state index in [-0.39, 0.29) is 24.5 Å². The van der Waals surface area contributed by atoms with Gasteiger partial charge in [-0.3, -0.25) is 14.5 Å². The first kappa shape index (κ1) is 18.5. The molecule has 132 valence electrons. The predicted molar refractivity (Wildman–Crippen MR) is 93.2 cm³/mol. The first-order chi connectivity index (χ1) is 11.5. The number of nitrogens with zero attached hydrogens (tertiary/aromatic N) is 2. The molecule has 0 unspecified atom stereocenters. The third kappa shape index (κ3) is 5.69. The molecule has 1 heterocycles. The number of para-hydroxylation sites is 1. The van der Waals surface area contributed by atoms with Crippen LogP contribution < -0.4 is 10.1 Å². The summed E-state index contributed by atoms with van der Waals surface area (Å²) in [6.45, 7) is 6.78. The Bertz CT molecular complexity index is 572. The van der Waals surface area contributed by atoms with Gasteiger partial charge in [0.25, 0.3) is 5.91 Å². The monoisotopic (exact) mass is 353 g/mol. The van der Waals surface area contributed by atoms with Crippen molar-refractivity contribution in [2.75, 3.05) is 39.3 Å². The van der Waals surface area contributed by atoms with E-state index in [0.717, 1.165) is 0 Å². The van der Waals surface area contributed by atoms with E-state index in [1.54, 1.807) is 17.0 Å². The second-order valence-electron chi connectivity index (χ2n) is 6.10. The van der Waals surface area contributed by atoms with Crippen LogP contribution in [0.1, 0.15) is 13.8 Å². The standard InChI is InChI=1S/C17H24ClN3O3/c1-13(2)19-16(22)11-20-7-9-21(10-8-20)17(23)12-24-15-6-4-3-5-14(15)18/h3-6,13H,7-12H2,1-2H3,(H,19,22). The molecule has 1 aromatic rings. The van der Waals surface area contributed by atoms with E-state index in [2.05, 4.69) is 10.2 Å². The van der Waals surface area contributed by atoms with E-state index in [1.165, 1.54) is 0 Å². The smallest absolute Gasteiger partial charge is 0.260 e. The first-order valence-electron chi connectivity index (χ1n) is 8.12. The van der Waals surface area contributed by atoms with Crippen molar-refractivity contribution in [3.05, 3.63) is 29.3 Å². The van der Waals surface area contributed by atoms with E-state index in [4.69, 9.17) is 16.3 Å². The lowest BCUT2D eigenvalue weighted by Crippen LogP contribution is -2.52. The Kier molecular flexibility index (Phi) is 6.87. The van der Waals surface area contributed by atoms with Crippen LogP contribution in [0.4, 0.5) is 0 Å². The molecule has 0 bridgehead atoms. The highest BCUT2D eigenvalue weighted by atomic mass is 35.5. The molecule has 0 radical (unpaired) electrons. The summed E-state index contributed by atoms with van der Waals surface area (Å²) in [5, 5.41) is 3.37. The summed E-state index contributed by atoms with van der Waals surface area (Å²) < 4.78 is 5.49. The van der Waals surface area contributed by atoms with Crippen LogP contribution in [0.3, 0.4) is 0 Å². The third-order valence-electron chi connectivity index (χ3n) is 3.73. The van der Waals surface area contributed by atoms with Crippen molar-refractivity contribution in [3.63, 3.8) is 0 Å². The molecule has 1 fully saturated rings. The number of benzene rings is 1. The minimum atomic E-state index is -0.0683. The summed E-state index contributed by atoms with van der Waals surface area (Å²) in [4.78, 5) is 27.8. The molecule has 1 saturated heterocycles. The number of hydrogen-bond donors (Lipinski definition) is 1. The lowest BCUT2D eigenvalue weighted by atomic mass is 10.3. The summed E-state index contributed by atoms with van der Waals surface area (Å²) in [7, 11) is 0. The van der Waals surface area contributed by atoms with E-state index >= 15 is 0 Å². The molecule has 1 aliphatic heterocycles. The fourth-order valence-corrected chi connectivity index (χ4v) is 2.71. The van der Waals surface area contributed by atoms with Crippen molar-refractivity contribution >= 4 is 23.4 Å². The quantitative estimate of drug-likeness (QED) is 0.839. The molecular weight excluding hydrogens is 330 g/mol. The van der Waals surface area contributed by atoms with Crippen LogP contribution in [-0.4, -0.2) is 67.0 Å². The first-order valence-corrected chi connectivity index (χ1v) is 8.50. The topological polar surface area (TPSA) is 61.9 Å². The Morgan fingerprint density at radius 1 is 1.21 bits per heavy atom. The maximum Gasteiger partial charge on any atom is 0.260 e. The van der Waals surface area contributed by atoms with Gasteiger partial charge in [0.05, 0.1) is 11.6 Å². The Morgan fingerprint density at radius 2 is 1.88 bits per heavy atom. The lowest BCUT2D eigenvalue weighted by molar-refractivity contribution is -0.135. The Balaban J connectivity index is 1.72. The highest BCUT2D eigenvalue weighted by Gasteiger charge is 2.22. The van der Waals surface area contributed by atoms with Crippen LogP contribution in [0, 0.1) is 0 Å². The van der Waals surface area contributed by atoms with Crippen molar-refractivity contribution in [2.24, 2.45) is 0 Å². The Labute approximate surface area is 147 Å². The van der Waals surface area contributed by atoms with E-state index < -0.39 is 0 Å². The summed E-state index contributed by atoms with van der Waals surface area (Å²) in [5.41, 5.74) is 0. The largest absolute Gasteiger partial charge is 0.482 e. The van der Waals surface area contributed by atoms with Crippen LogP contribution in [0.2, 0.25) is 5.02 Å². The van der Waals surface area contributed by atoms with Crippen LogP contribution in [-0.2, 0) is 9.59 Å². The van der Waals surface area contributed by atoms with Gasteiger partial charge >= 0.3 is 0 Å². The number of piperazine rings is 1. The maximum absolute atomic E-state index is 12.2. The lowest BCUT2D eigenvalue weighted by Gasteiger charge is -2.34. The Hall–Kier alpha value is -1.79. The molecule has 2 rings (SSSR count). The fourth-order valence-electron chi connectivity index (χ4n) is 2.52. The van der Waals surface area contributed by atoms with Crippen LogP contribution in [0.25, 0.3) is 0 Å². The van der Waals surface area contributed by atoms with Gasteiger partial charge in [-0.15, -0.1) is 0 Å². The van der Waals surface area contributed by atoms with Crippen LogP contribution in [0.5, 0.6) is 5.75 Å². The van der Waals surface area contributed by atoms with Gasteiger partial charge in [0.2, 0.25) is 5.91 Å². The Morgan fingerprint density at radius 3 is 2.50 bits per heavy atom. The van der Waals surface area contributed by atoms with E-state index in [1.807, 2.05) is 26.0 Å². The van der Waals surface area contributed by atoms with Gasteiger partial charge in [0.15, 0.2) is 6.61 Å². The second kappa shape index (κ2) is 8.89. The van der Waals surface area contributed by atoms with Gasteiger partial charge in [-0.1, -0.05) is 23.7 Å². The van der Waals surface area contributed by atoms with E-state index in [9.17, 15) is 9.59 Å². The molecule has 1 aromatic carbocycles. The molecule has 1 aliphatic rings. The number of rotatable bonds is 6. The average molecular weight is 354 g/mol. The van der Waals surface area contributed by atoms with Gasteiger partial charge in [-0.25, -0.2) is 0 Å². The number of amides is 2. The minimum absolute atomic E-state index is 0.0202. The minimum Gasteiger partial charge on any atom is -0.482 e. The number of carbonyl (C=O) groups is 2. The fraction of sp³-hybridized carbons (Fsp3) is 0.529. The molecule has 24 heavy (non-hydrogen) atoms. The molecule has 2 amide bonds. The summed E-state index contributed by atoms with van der Waals surface area (Å²) in [6.07, 6.45) is 0. The third-order valence-corrected chi connectivity index (χ3v) is 4.04. The average Bonchev–Trinajstić information content (AvgIpc) is 2.53. The molecule has 0 aliphatic carbocycles. The van der Waals surface area contributed by atoms with E-state index in [0.29, 0.717) is 43.5 Å². The molecule has 0 atom stereocenters. The molecule has 0 aromatic heterocycles. The van der Waals surface area contributed by atoms with Gasteiger partial charge in [-0.05, 0) is 26.0 Å². The number of ether oxygens (including phenoxy) is 1. The van der Waals surface area contributed by atoms with Gasteiger partial charge < -0.3 is 15.0 Å². The van der Waals surface area contributed by atoms with Crippen molar-refractivity contribution in [1.82, 2.24) is 15.1 Å². The molecule has 0 saturated carbocycles. The van der Waals surface area contributed by atoms with Crippen LogP contribution >= 0.6 is 11.6 Å². The molecule has 0 spiro atoms. The van der Waals surface area contributed by atoms with Crippen molar-refractivity contribution in [2.45, 2.75) is 19.9 Å².